The lowest BCUT2D eigenvalue weighted by Crippen LogP contribution is -2.62. The molecule has 13 heavy (non-hydrogen) atoms. The van der Waals surface area contributed by atoms with Crippen LogP contribution in [0.2, 0.25) is 0 Å². The van der Waals surface area contributed by atoms with Gasteiger partial charge in [-0.25, -0.2) is 0 Å². The number of hydrogen-bond donors (Lipinski definition) is 2. The molecule has 1 fully saturated rings. The van der Waals surface area contributed by atoms with Crippen molar-refractivity contribution in [3.05, 3.63) is 35.9 Å². The van der Waals surface area contributed by atoms with Crippen LogP contribution in [0.3, 0.4) is 0 Å². The lowest BCUT2D eigenvalue weighted by molar-refractivity contribution is -0.150. The second kappa shape index (κ2) is 2.85. The maximum atomic E-state index is 10.6. The molecule has 1 saturated heterocycles. The normalized spacial score (nSPS) is 26.4. The SMILES string of the molecule is O=C1CC(O)(Cc2ccccc2)N1. The van der Waals surface area contributed by atoms with Crippen molar-refractivity contribution in [2.24, 2.45) is 0 Å². The summed E-state index contributed by atoms with van der Waals surface area (Å²) in [6, 6.07) is 9.62. The Bertz CT molecular complexity index is 313. The highest BCUT2D eigenvalue weighted by Crippen LogP contribution is 2.21. The number of benzene rings is 1. The number of nitrogens with one attached hydrogen (secondary N) is 1. The molecule has 0 spiro atoms. The van der Waals surface area contributed by atoms with Crippen LogP contribution in [-0.4, -0.2) is 16.7 Å². The lowest BCUT2D eigenvalue weighted by Gasteiger charge is -2.37. The molecule has 3 heteroatoms. The van der Waals surface area contributed by atoms with Gasteiger partial charge in [0.15, 0.2) is 0 Å². The molecule has 68 valence electrons. The van der Waals surface area contributed by atoms with Crippen LogP contribution >= 0.6 is 0 Å². The van der Waals surface area contributed by atoms with Gasteiger partial charge >= 0.3 is 0 Å². The van der Waals surface area contributed by atoms with Crippen LogP contribution in [-0.2, 0) is 11.2 Å². The maximum absolute atomic E-state index is 10.6. The van der Waals surface area contributed by atoms with E-state index in [2.05, 4.69) is 5.32 Å². The van der Waals surface area contributed by atoms with E-state index >= 15 is 0 Å². The van der Waals surface area contributed by atoms with Crippen molar-refractivity contribution in [3.8, 4) is 0 Å². The molecular weight excluding hydrogens is 166 g/mol. The third-order valence-electron chi connectivity index (χ3n) is 2.16. The minimum absolute atomic E-state index is 0.0848. The van der Waals surface area contributed by atoms with Gasteiger partial charge < -0.3 is 10.4 Å². The summed E-state index contributed by atoms with van der Waals surface area (Å²) >= 11 is 0. The van der Waals surface area contributed by atoms with Crippen LogP contribution in [0.15, 0.2) is 30.3 Å². The Labute approximate surface area is 76.4 Å². The predicted molar refractivity (Wildman–Crippen MR) is 47.9 cm³/mol. The highest BCUT2D eigenvalue weighted by Gasteiger charge is 2.40. The van der Waals surface area contributed by atoms with Gasteiger partial charge in [-0.2, -0.15) is 0 Å². The zero-order valence-electron chi connectivity index (χ0n) is 7.16. The van der Waals surface area contributed by atoms with Crippen molar-refractivity contribution in [2.45, 2.75) is 18.6 Å². The quantitative estimate of drug-likeness (QED) is 0.644. The first-order valence-electron chi connectivity index (χ1n) is 4.25. The van der Waals surface area contributed by atoms with Crippen LogP contribution in [0.5, 0.6) is 0 Å². The van der Waals surface area contributed by atoms with Crippen molar-refractivity contribution in [1.82, 2.24) is 5.32 Å². The Morgan fingerprint density at radius 2 is 2.00 bits per heavy atom. The Morgan fingerprint density at radius 1 is 1.38 bits per heavy atom. The average Bonchev–Trinajstić information content (AvgIpc) is 2.03. The largest absolute Gasteiger partial charge is 0.370 e. The molecule has 0 aliphatic carbocycles. The zero-order chi connectivity index (χ0) is 9.31. The van der Waals surface area contributed by atoms with Crippen LogP contribution < -0.4 is 5.32 Å². The maximum Gasteiger partial charge on any atom is 0.227 e. The third kappa shape index (κ3) is 1.70. The van der Waals surface area contributed by atoms with Gasteiger partial charge in [0.25, 0.3) is 0 Å². The number of β-lactam (4-membered cyclic amide) rings is 1. The number of carbonyl (C=O) groups excluding carboxylic acids is 1. The summed E-state index contributed by atoms with van der Waals surface area (Å²) < 4.78 is 0. The van der Waals surface area contributed by atoms with Gasteiger partial charge in [0.05, 0.1) is 6.42 Å². The van der Waals surface area contributed by atoms with Gasteiger partial charge in [-0.15, -0.1) is 0 Å². The van der Waals surface area contributed by atoms with E-state index in [0.29, 0.717) is 6.42 Å². The molecule has 0 radical (unpaired) electrons. The van der Waals surface area contributed by atoms with Gasteiger partial charge in [-0.05, 0) is 5.56 Å². The number of carbonyl (C=O) groups is 1. The molecule has 3 nitrogen and oxygen atoms in total. The number of amides is 1. The van der Waals surface area contributed by atoms with Crippen molar-refractivity contribution in [2.75, 3.05) is 0 Å². The van der Waals surface area contributed by atoms with E-state index < -0.39 is 5.72 Å². The average molecular weight is 177 g/mol. The molecule has 0 bridgehead atoms. The molecule has 1 amide bonds. The molecule has 1 aliphatic heterocycles. The topological polar surface area (TPSA) is 49.3 Å². The van der Waals surface area contributed by atoms with Crippen LogP contribution in [0.25, 0.3) is 0 Å². The zero-order valence-corrected chi connectivity index (χ0v) is 7.16. The summed E-state index contributed by atoms with van der Waals surface area (Å²) in [5.74, 6) is -0.0848. The molecular formula is C10H11NO2. The highest BCUT2D eigenvalue weighted by molar-refractivity contribution is 5.84. The molecule has 1 heterocycles. The smallest absolute Gasteiger partial charge is 0.227 e. The van der Waals surface area contributed by atoms with Crippen molar-refractivity contribution >= 4 is 5.91 Å². The van der Waals surface area contributed by atoms with Crippen LogP contribution in [0, 0.1) is 0 Å². The molecule has 1 aromatic carbocycles. The monoisotopic (exact) mass is 177 g/mol. The molecule has 2 rings (SSSR count). The van der Waals surface area contributed by atoms with Crippen LogP contribution in [0.1, 0.15) is 12.0 Å². The first-order valence-corrected chi connectivity index (χ1v) is 4.25. The number of rotatable bonds is 2. The van der Waals surface area contributed by atoms with Gasteiger partial charge in [0, 0.05) is 6.42 Å². The molecule has 0 saturated carbocycles. The summed E-state index contributed by atoms with van der Waals surface area (Å²) in [7, 11) is 0. The van der Waals surface area contributed by atoms with E-state index in [1.54, 1.807) is 0 Å². The molecule has 1 aromatic rings. The summed E-state index contributed by atoms with van der Waals surface area (Å²) in [6.07, 6.45) is 0.696. The minimum Gasteiger partial charge on any atom is -0.370 e. The van der Waals surface area contributed by atoms with Gasteiger partial charge in [-0.1, -0.05) is 30.3 Å². The van der Waals surface area contributed by atoms with Gasteiger partial charge in [0.2, 0.25) is 5.91 Å². The minimum atomic E-state index is -1.00. The Hall–Kier alpha value is -1.35. The first kappa shape index (κ1) is 8.26. The van der Waals surface area contributed by atoms with Gasteiger partial charge in [0.1, 0.15) is 5.72 Å². The molecule has 1 atom stereocenters. The Kier molecular flexibility index (Phi) is 1.81. The third-order valence-corrected chi connectivity index (χ3v) is 2.16. The van der Waals surface area contributed by atoms with E-state index in [-0.39, 0.29) is 12.3 Å². The number of hydrogen-bond acceptors (Lipinski definition) is 2. The summed E-state index contributed by atoms with van der Waals surface area (Å²) in [5, 5.41) is 12.2. The lowest BCUT2D eigenvalue weighted by atomic mass is 9.93. The van der Waals surface area contributed by atoms with E-state index in [1.807, 2.05) is 30.3 Å². The summed E-state index contributed by atoms with van der Waals surface area (Å²) in [5.41, 5.74) is 0.0309. The Morgan fingerprint density at radius 3 is 2.54 bits per heavy atom. The predicted octanol–water partition coefficient (Wildman–Crippen LogP) is 0.438. The second-order valence-electron chi connectivity index (χ2n) is 3.42. The van der Waals surface area contributed by atoms with E-state index in [0.717, 1.165) is 5.56 Å². The van der Waals surface area contributed by atoms with Crippen LogP contribution in [0.4, 0.5) is 0 Å². The summed E-state index contributed by atoms with van der Waals surface area (Å²) in [4.78, 5) is 10.6. The van der Waals surface area contributed by atoms with Crippen molar-refractivity contribution in [1.29, 1.82) is 0 Å². The molecule has 2 N–H and O–H groups in total. The fourth-order valence-corrected chi connectivity index (χ4v) is 1.55. The fourth-order valence-electron chi connectivity index (χ4n) is 1.55. The number of aliphatic hydroxyl groups is 1. The molecule has 1 unspecified atom stereocenters. The first-order chi connectivity index (χ1) is 6.18. The highest BCUT2D eigenvalue weighted by atomic mass is 16.3. The standard InChI is InChI=1S/C10H11NO2/c12-9-7-10(13,11-9)6-8-4-2-1-3-5-8/h1-5,13H,6-7H2,(H,11,12). The van der Waals surface area contributed by atoms with Crippen molar-refractivity contribution < 1.29 is 9.90 Å². The van der Waals surface area contributed by atoms with E-state index in [9.17, 15) is 9.90 Å². The van der Waals surface area contributed by atoms with Crippen molar-refractivity contribution in [3.63, 3.8) is 0 Å². The fraction of sp³-hybridized carbons (Fsp3) is 0.300. The Balaban J connectivity index is 2.03. The van der Waals surface area contributed by atoms with E-state index in [4.69, 9.17) is 0 Å². The van der Waals surface area contributed by atoms with Gasteiger partial charge in [-0.3, -0.25) is 4.79 Å². The van der Waals surface area contributed by atoms with E-state index in [1.165, 1.54) is 0 Å². The molecule has 0 aromatic heterocycles. The second-order valence-corrected chi connectivity index (χ2v) is 3.42. The molecule has 1 aliphatic rings. The summed E-state index contributed by atoms with van der Waals surface area (Å²) in [6.45, 7) is 0.